The Kier molecular flexibility index (Phi) is 2.93. The fraction of sp³-hybridized carbons (Fsp3) is 0.0714. The van der Waals surface area contributed by atoms with Gasteiger partial charge in [0.05, 0.1) is 5.69 Å². The smallest absolute Gasteiger partial charge is 0.194 e. The maximum atomic E-state index is 11.2. The number of anilines is 2. The topological polar surface area (TPSA) is 78.3 Å². The molecule has 0 heterocycles. The summed E-state index contributed by atoms with van der Waals surface area (Å²) in [5.74, 6) is 0.229. The molecule has 0 amide bonds. The number of ketones is 1. The zero-order chi connectivity index (χ0) is 13.3. The SMILES string of the molecule is C=C(Oc1c(N)cc(N)c2ccccc12)C(C)=O. The van der Waals surface area contributed by atoms with Gasteiger partial charge in [0, 0.05) is 23.4 Å². The number of nitrogens with two attached hydrogens (primary N) is 2. The maximum absolute atomic E-state index is 11.2. The summed E-state index contributed by atoms with van der Waals surface area (Å²) in [4.78, 5) is 11.2. The Balaban J connectivity index is 2.63. The molecule has 0 radical (unpaired) electrons. The second-order valence-electron chi connectivity index (χ2n) is 4.01. The van der Waals surface area contributed by atoms with E-state index in [4.69, 9.17) is 16.2 Å². The number of allylic oxidation sites excluding steroid dienone is 1. The average molecular weight is 242 g/mol. The third kappa shape index (κ3) is 2.00. The summed E-state index contributed by atoms with van der Waals surface area (Å²) in [6, 6.07) is 9.05. The molecule has 0 unspecified atom stereocenters. The van der Waals surface area contributed by atoms with Gasteiger partial charge in [0.1, 0.15) is 0 Å². The van der Waals surface area contributed by atoms with Crippen molar-refractivity contribution >= 4 is 27.9 Å². The van der Waals surface area contributed by atoms with Gasteiger partial charge in [-0.15, -0.1) is 0 Å². The van der Waals surface area contributed by atoms with E-state index in [1.807, 2.05) is 24.3 Å². The molecule has 0 aliphatic heterocycles. The van der Waals surface area contributed by atoms with Crippen LogP contribution in [0.3, 0.4) is 0 Å². The molecule has 0 saturated carbocycles. The number of nitrogen functional groups attached to an aromatic ring is 2. The van der Waals surface area contributed by atoms with Crippen molar-refractivity contribution in [2.24, 2.45) is 0 Å². The highest BCUT2D eigenvalue weighted by Crippen LogP contribution is 2.36. The van der Waals surface area contributed by atoms with Crippen LogP contribution in [0.5, 0.6) is 5.75 Å². The lowest BCUT2D eigenvalue weighted by Gasteiger charge is -2.13. The molecule has 0 saturated heterocycles. The summed E-state index contributed by atoms with van der Waals surface area (Å²) in [5.41, 5.74) is 12.7. The van der Waals surface area contributed by atoms with Crippen LogP contribution in [-0.2, 0) is 4.79 Å². The second kappa shape index (κ2) is 4.41. The molecule has 0 aliphatic rings. The second-order valence-corrected chi connectivity index (χ2v) is 4.01. The summed E-state index contributed by atoms with van der Waals surface area (Å²) in [6.45, 7) is 4.95. The Morgan fingerprint density at radius 1 is 1.17 bits per heavy atom. The van der Waals surface area contributed by atoms with Crippen LogP contribution >= 0.6 is 0 Å². The molecule has 0 fully saturated rings. The largest absolute Gasteiger partial charge is 0.451 e. The van der Waals surface area contributed by atoms with Crippen molar-refractivity contribution in [3.8, 4) is 5.75 Å². The number of benzene rings is 2. The maximum Gasteiger partial charge on any atom is 0.194 e. The lowest BCUT2D eigenvalue weighted by Crippen LogP contribution is -2.05. The predicted molar refractivity (Wildman–Crippen MR) is 73.2 cm³/mol. The first-order valence-corrected chi connectivity index (χ1v) is 5.45. The summed E-state index contributed by atoms with van der Waals surface area (Å²) in [7, 11) is 0. The van der Waals surface area contributed by atoms with Crippen molar-refractivity contribution in [1.29, 1.82) is 0 Å². The number of fused-ring (bicyclic) bond motifs is 1. The van der Waals surface area contributed by atoms with E-state index < -0.39 is 0 Å². The van der Waals surface area contributed by atoms with E-state index in [2.05, 4.69) is 6.58 Å². The van der Waals surface area contributed by atoms with Gasteiger partial charge in [-0.25, -0.2) is 0 Å². The van der Waals surface area contributed by atoms with Gasteiger partial charge < -0.3 is 16.2 Å². The minimum Gasteiger partial charge on any atom is -0.451 e. The molecular weight excluding hydrogens is 228 g/mol. The molecule has 4 N–H and O–H groups in total. The molecule has 0 spiro atoms. The number of ether oxygens (including phenoxy) is 1. The van der Waals surface area contributed by atoms with E-state index in [1.54, 1.807) is 6.07 Å². The Bertz CT molecular complexity index is 648. The third-order valence-electron chi connectivity index (χ3n) is 2.67. The molecule has 18 heavy (non-hydrogen) atoms. The molecule has 4 heteroatoms. The van der Waals surface area contributed by atoms with Gasteiger partial charge in [-0.05, 0) is 6.07 Å². The van der Waals surface area contributed by atoms with Crippen LogP contribution in [0.25, 0.3) is 10.8 Å². The van der Waals surface area contributed by atoms with Crippen molar-refractivity contribution in [3.63, 3.8) is 0 Å². The standard InChI is InChI=1S/C14H14N2O2/c1-8(17)9(2)18-14-11-6-4-3-5-10(11)12(15)7-13(14)16/h3-7H,2,15-16H2,1H3. The molecular formula is C14H14N2O2. The third-order valence-corrected chi connectivity index (χ3v) is 2.67. The minimum absolute atomic E-state index is 0.0524. The molecule has 0 bridgehead atoms. The van der Waals surface area contributed by atoms with Crippen molar-refractivity contribution < 1.29 is 9.53 Å². The summed E-state index contributed by atoms with van der Waals surface area (Å²) >= 11 is 0. The van der Waals surface area contributed by atoms with Gasteiger partial charge >= 0.3 is 0 Å². The number of Topliss-reactive ketones (excluding diaryl/α,β-unsaturated/α-hetero) is 1. The number of hydrogen-bond acceptors (Lipinski definition) is 4. The normalized spacial score (nSPS) is 10.3. The highest BCUT2D eigenvalue weighted by molar-refractivity contribution is 6.02. The predicted octanol–water partition coefficient (Wildman–Crippen LogP) is 2.49. The highest BCUT2D eigenvalue weighted by atomic mass is 16.5. The van der Waals surface area contributed by atoms with Crippen LogP contribution in [-0.4, -0.2) is 5.78 Å². The van der Waals surface area contributed by atoms with Crippen LogP contribution < -0.4 is 16.2 Å². The zero-order valence-electron chi connectivity index (χ0n) is 10.1. The number of carbonyl (C=O) groups excluding carboxylic acids is 1. The first-order valence-electron chi connectivity index (χ1n) is 5.45. The molecule has 0 atom stereocenters. The van der Waals surface area contributed by atoms with Gasteiger partial charge in [0.2, 0.25) is 0 Å². The van der Waals surface area contributed by atoms with Gasteiger partial charge in [0.15, 0.2) is 17.3 Å². The molecule has 2 aromatic carbocycles. The van der Waals surface area contributed by atoms with Crippen LogP contribution in [0.15, 0.2) is 42.7 Å². The number of carbonyl (C=O) groups is 1. The van der Waals surface area contributed by atoms with Gasteiger partial charge in [-0.2, -0.15) is 0 Å². The fourth-order valence-corrected chi connectivity index (χ4v) is 1.71. The van der Waals surface area contributed by atoms with Crippen LogP contribution in [0, 0.1) is 0 Å². The van der Waals surface area contributed by atoms with E-state index in [1.165, 1.54) is 6.92 Å². The lowest BCUT2D eigenvalue weighted by molar-refractivity contribution is -0.115. The summed E-state index contributed by atoms with van der Waals surface area (Å²) in [5, 5.41) is 1.59. The molecule has 2 aromatic rings. The molecule has 2 rings (SSSR count). The monoisotopic (exact) mass is 242 g/mol. The highest BCUT2D eigenvalue weighted by Gasteiger charge is 2.12. The van der Waals surface area contributed by atoms with E-state index in [0.717, 1.165) is 10.8 Å². The number of hydrogen-bond donors (Lipinski definition) is 2. The van der Waals surface area contributed by atoms with Crippen molar-refractivity contribution in [2.45, 2.75) is 6.92 Å². The molecule has 0 aliphatic carbocycles. The average Bonchev–Trinajstić information content (AvgIpc) is 2.34. The van der Waals surface area contributed by atoms with E-state index in [9.17, 15) is 4.79 Å². The van der Waals surface area contributed by atoms with Crippen LogP contribution in [0.4, 0.5) is 11.4 Å². The Labute approximate surface area is 105 Å². The van der Waals surface area contributed by atoms with Gasteiger partial charge in [0.25, 0.3) is 0 Å². The number of rotatable bonds is 3. The van der Waals surface area contributed by atoms with Crippen molar-refractivity contribution in [3.05, 3.63) is 42.7 Å². The first-order chi connectivity index (χ1) is 8.50. The summed E-state index contributed by atoms with van der Waals surface area (Å²) < 4.78 is 5.45. The molecule has 92 valence electrons. The van der Waals surface area contributed by atoms with Gasteiger partial charge in [-0.1, -0.05) is 30.8 Å². The Hall–Kier alpha value is -2.49. The van der Waals surface area contributed by atoms with Crippen LogP contribution in [0.1, 0.15) is 6.92 Å². The van der Waals surface area contributed by atoms with Gasteiger partial charge in [-0.3, -0.25) is 4.79 Å². The molecule has 4 nitrogen and oxygen atoms in total. The van der Waals surface area contributed by atoms with E-state index in [-0.39, 0.29) is 11.5 Å². The quantitative estimate of drug-likeness (QED) is 0.492. The zero-order valence-corrected chi connectivity index (χ0v) is 10.1. The summed E-state index contributed by atoms with van der Waals surface area (Å²) in [6.07, 6.45) is 0. The van der Waals surface area contributed by atoms with Crippen molar-refractivity contribution in [2.75, 3.05) is 11.5 Å². The molecule has 0 aromatic heterocycles. The van der Waals surface area contributed by atoms with Crippen LogP contribution in [0.2, 0.25) is 0 Å². The Morgan fingerprint density at radius 2 is 1.78 bits per heavy atom. The Morgan fingerprint density at radius 3 is 2.39 bits per heavy atom. The minimum atomic E-state index is -0.240. The first kappa shape index (κ1) is 12.0. The van der Waals surface area contributed by atoms with Crippen molar-refractivity contribution in [1.82, 2.24) is 0 Å². The lowest BCUT2D eigenvalue weighted by atomic mass is 10.1. The fourth-order valence-electron chi connectivity index (χ4n) is 1.71. The van der Waals surface area contributed by atoms with E-state index >= 15 is 0 Å². The van der Waals surface area contributed by atoms with E-state index in [0.29, 0.717) is 17.1 Å².